The van der Waals surface area contributed by atoms with E-state index in [1.165, 1.54) is 4.68 Å². The zero-order valence-corrected chi connectivity index (χ0v) is 15.1. The first kappa shape index (κ1) is 17.0. The Morgan fingerprint density at radius 1 is 1.15 bits per heavy atom. The van der Waals surface area contributed by atoms with Crippen molar-refractivity contribution in [3.63, 3.8) is 0 Å². The molecule has 0 saturated carbocycles. The van der Waals surface area contributed by atoms with Gasteiger partial charge < -0.3 is 9.88 Å². The van der Waals surface area contributed by atoms with Crippen molar-refractivity contribution in [2.24, 2.45) is 7.05 Å². The fourth-order valence-electron chi connectivity index (χ4n) is 3.34. The lowest BCUT2D eigenvalue weighted by molar-refractivity contribution is -0.123. The zero-order valence-electron chi connectivity index (χ0n) is 15.1. The Morgan fingerprint density at radius 3 is 2.70 bits per heavy atom. The molecule has 136 valence electrons. The van der Waals surface area contributed by atoms with Crippen LogP contribution in [0.15, 0.2) is 59.7 Å². The normalized spacial score (nSPS) is 12.4. The molecule has 0 bridgehead atoms. The molecule has 0 aliphatic heterocycles. The molecule has 3 heterocycles. The van der Waals surface area contributed by atoms with Gasteiger partial charge in [-0.05, 0) is 25.1 Å². The highest BCUT2D eigenvalue weighted by atomic mass is 16.2. The molecule has 0 spiro atoms. The van der Waals surface area contributed by atoms with Gasteiger partial charge in [-0.2, -0.15) is 5.10 Å². The van der Waals surface area contributed by atoms with Crippen LogP contribution < -0.4 is 10.9 Å². The molecule has 1 atom stereocenters. The lowest BCUT2D eigenvalue weighted by Crippen LogP contribution is -2.32. The van der Waals surface area contributed by atoms with E-state index in [1.807, 2.05) is 42.5 Å². The quantitative estimate of drug-likeness (QED) is 0.604. The summed E-state index contributed by atoms with van der Waals surface area (Å²) >= 11 is 0. The fourth-order valence-corrected chi connectivity index (χ4v) is 3.34. The van der Waals surface area contributed by atoms with Crippen molar-refractivity contribution >= 4 is 27.7 Å². The third-order valence-corrected chi connectivity index (χ3v) is 4.74. The van der Waals surface area contributed by atoms with Gasteiger partial charge in [0, 0.05) is 24.0 Å². The molecule has 1 unspecified atom stereocenters. The van der Waals surface area contributed by atoms with Gasteiger partial charge in [0.05, 0.1) is 24.0 Å². The number of nitrogens with zero attached hydrogens (tertiary/aromatic N) is 4. The maximum atomic E-state index is 12.8. The largest absolute Gasteiger partial charge is 0.349 e. The second-order valence-corrected chi connectivity index (χ2v) is 6.44. The van der Waals surface area contributed by atoms with Crippen molar-refractivity contribution in [1.82, 2.24) is 24.6 Å². The van der Waals surface area contributed by atoms with E-state index >= 15 is 0 Å². The molecule has 4 rings (SSSR count). The van der Waals surface area contributed by atoms with Crippen LogP contribution >= 0.6 is 0 Å². The number of nitrogens with one attached hydrogen (secondary N) is 1. The SMILES string of the molecule is CC(C(=O)NCc1ccccn1)n1c2ccccc2c2cnn(C)c(=O)c21. The van der Waals surface area contributed by atoms with Crippen molar-refractivity contribution in [3.05, 3.63) is 70.9 Å². The van der Waals surface area contributed by atoms with Crippen molar-refractivity contribution in [2.45, 2.75) is 19.5 Å². The highest BCUT2D eigenvalue weighted by Gasteiger charge is 2.23. The average molecular weight is 361 g/mol. The molecule has 7 heteroatoms. The van der Waals surface area contributed by atoms with Crippen molar-refractivity contribution in [2.75, 3.05) is 0 Å². The van der Waals surface area contributed by atoms with E-state index in [0.29, 0.717) is 12.1 Å². The molecule has 0 aliphatic carbocycles. The van der Waals surface area contributed by atoms with Crippen LogP contribution in [0.3, 0.4) is 0 Å². The standard InChI is InChI=1S/C20H19N5O2/c1-13(19(26)22-11-14-7-5-6-10-21-14)25-17-9-4-3-8-15(17)16-12-23-24(2)20(27)18(16)25/h3-10,12-13H,11H2,1-2H3,(H,22,26). The lowest BCUT2D eigenvalue weighted by atomic mass is 10.2. The van der Waals surface area contributed by atoms with Gasteiger partial charge in [-0.1, -0.05) is 24.3 Å². The van der Waals surface area contributed by atoms with Crippen molar-refractivity contribution in [1.29, 1.82) is 0 Å². The van der Waals surface area contributed by atoms with E-state index in [-0.39, 0.29) is 11.5 Å². The highest BCUT2D eigenvalue weighted by Crippen LogP contribution is 2.29. The first-order valence-corrected chi connectivity index (χ1v) is 8.70. The Labute approximate surface area is 155 Å². The number of aryl methyl sites for hydroxylation is 1. The number of carbonyl (C=O) groups excluding carboxylic acids is 1. The molecule has 3 aromatic heterocycles. The Morgan fingerprint density at radius 2 is 1.93 bits per heavy atom. The van der Waals surface area contributed by atoms with E-state index < -0.39 is 6.04 Å². The number of fused-ring (bicyclic) bond motifs is 3. The van der Waals surface area contributed by atoms with E-state index in [4.69, 9.17) is 0 Å². The molecule has 7 nitrogen and oxygen atoms in total. The Hall–Kier alpha value is -3.48. The summed E-state index contributed by atoms with van der Waals surface area (Å²) in [6.45, 7) is 2.13. The van der Waals surface area contributed by atoms with Gasteiger partial charge in [0.2, 0.25) is 5.91 Å². The zero-order chi connectivity index (χ0) is 19.0. The van der Waals surface area contributed by atoms with Crippen LogP contribution in [0.4, 0.5) is 0 Å². The molecule has 1 amide bonds. The molecular formula is C20H19N5O2. The third kappa shape index (κ3) is 2.87. The summed E-state index contributed by atoms with van der Waals surface area (Å²) in [5.41, 5.74) is 1.86. The second kappa shape index (κ2) is 6.68. The molecule has 0 fully saturated rings. The molecule has 0 radical (unpaired) electrons. The maximum absolute atomic E-state index is 12.8. The van der Waals surface area contributed by atoms with Gasteiger partial charge in [-0.25, -0.2) is 4.68 Å². The first-order chi connectivity index (χ1) is 13.1. The number of pyridine rings is 1. The van der Waals surface area contributed by atoms with Crippen LogP contribution in [0.25, 0.3) is 21.8 Å². The minimum absolute atomic E-state index is 0.179. The monoisotopic (exact) mass is 361 g/mol. The summed E-state index contributed by atoms with van der Waals surface area (Å²) < 4.78 is 3.08. The number of rotatable bonds is 4. The number of aromatic nitrogens is 4. The van der Waals surface area contributed by atoms with Crippen LogP contribution in [-0.2, 0) is 18.4 Å². The number of hydrogen-bond acceptors (Lipinski definition) is 4. The van der Waals surface area contributed by atoms with Crippen molar-refractivity contribution < 1.29 is 4.79 Å². The Kier molecular flexibility index (Phi) is 4.19. The number of hydrogen-bond donors (Lipinski definition) is 1. The molecule has 0 aliphatic rings. The highest BCUT2D eigenvalue weighted by molar-refractivity contribution is 6.08. The first-order valence-electron chi connectivity index (χ1n) is 8.70. The minimum atomic E-state index is -0.564. The number of benzene rings is 1. The topological polar surface area (TPSA) is 81.8 Å². The van der Waals surface area contributed by atoms with Crippen molar-refractivity contribution in [3.8, 4) is 0 Å². The predicted molar refractivity (Wildman–Crippen MR) is 103 cm³/mol. The fraction of sp³-hybridized carbons (Fsp3) is 0.200. The van der Waals surface area contributed by atoms with Crippen LogP contribution in [-0.4, -0.2) is 25.2 Å². The minimum Gasteiger partial charge on any atom is -0.349 e. The smallest absolute Gasteiger partial charge is 0.291 e. The summed E-state index contributed by atoms with van der Waals surface area (Å²) in [5.74, 6) is -0.179. The summed E-state index contributed by atoms with van der Waals surface area (Å²) in [5, 5.41) is 8.69. The lowest BCUT2D eigenvalue weighted by Gasteiger charge is -2.16. The predicted octanol–water partition coefficient (Wildman–Crippen LogP) is 2.16. The Bertz CT molecular complexity index is 1190. The third-order valence-electron chi connectivity index (χ3n) is 4.74. The van der Waals surface area contributed by atoms with E-state index in [9.17, 15) is 9.59 Å². The van der Waals surface area contributed by atoms with Crippen LogP contribution in [0, 0.1) is 0 Å². The molecule has 0 saturated heterocycles. The van der Waals surface area contributed by atoms with Gasteiger partial charge in [0.15, 0.2) is 0 Å². The molecule has 1 N–H and O–H groups in total. The van der Waals surface area contributed by atoms with E-state index in [0.717, 1.165) is 22.0 Å². The summed E-state index contributed by atoms with van der Waals surface area (Å²) in [6.07, 6.45) is 3.36. The molecule has 4 aromatic rings. The van der Waals surface area contributed by atoms with E-state index in [1.54, 1.807) is 30.9 Å². The van der Waals surface area contributed by atoms with Crippen LogP contribution in [0.1, 0.15) is 18.7 Å². The van der Waals surface area contributed by atoms with Crippen LogP contribution in [0.5, 0.6) is 0 Å². The summed E-state index contributed by atoms with van der Waals surface area (Å²) in [4.78, 5) is 29.8. The van der Waals surface area contributed by atoms with E-state index in [2.05, 4.69) is 15.4 Å². The summed E-state index contributed by atoms with van der Waals surface area (Å²) in [6, 6.07) is 12.7. The van der Waals surface area contributed by atoms with Gasteiger partial charge in [0.25, 0.3) is 5.56 Å². The number of para-hydroxylation sites is 1. The maximum Gasteiger partial charge on any atom is 0.291 e. The molecular weight excluding hydrogens is 342 g/mol. The molecule has 1 aromatic carbocycles. The summed E-state index contributed by atoms with van der Waals surface area (Å²) in [7, 11) is 1.61. The average Bonchev–Trinajstić information content (AvgIpc) is 3.04. The Balaban J connectivity index is 1.78. The second-order valence-electron chi connectivity index (χ2n) is 6.44. The van der Waals surface area contributed by atoms with Crippen LogP contribution in [0.2, 0.25) is 0 Å². The van der Waals surface area contributed by atoms with Gasteiger partial charge >= 0.3 is 0 Å². The van der Waals surface area contributed by atoms with Gasteiger partial charge in [-0.15, -0.1) is 0 Å². The number of amides is 1. The van der Waals surface area contributed by atoms with Gasteiger partial charge in [0.1, 0.15) is 11.6 Å². The molecule has 27 heavy (non-hydrogen) atoms. The number of carbonyl (C=O) groups is 1. The van der Waals surface area contributed by atoms with Gasteiger partial charge in [-0.3, -0.25) is 14.6 Å².